The highest BCUT2D eigenvalue weighted by molar-refractivity contribution is 6.33. The number of carbonyl (C=O) groups is 1. The van der Waals surface area contributed by atoms with Gasteiger partial charge >= 0.3 is 5.97 Å². The molecule has 0 amide bonds. The minimum absolute atomic E-state index is 0.00711. The van der Waals surface area contributed by atoms with E-state index in [-0.39, 0.29) is 18.9 Å². The number of rotatable bonds is 6. The number of hydrogen-bond acceptors (Lipinski definition) is 4. The molecule has 1 heterocycles. The third-order valence-electron chi connectivity index (χ3n) is 3.13. The average molecular weight is 306 g/mol. The number of benzene rings is 1. The maximum absolute atomic E-state index is 10.9. The normalized spacial score (nSPS) is 11.9. The van der Waals surface area contributed by atoms with E-state index in [1.165, 1.54) is 0 Å². The highest BCUT2D eigenvalue weighted by atomic mass is 35.5. The van der Waals surface area contributed by atoms with Crippen molar-refractivity contribution in [2.45, 2.75) is 12.3 Å². The quantitative estimate of drug-likeness (QED) is 0.763. The van der Waals surface area contributed by atoms with Crippen LogP contribution in [-0.2, 0) is 4.79 Å². The van der Waals surface area contributed by atoms with Crippen LogP contribution in [0.15, 0.2) is 42.7 Å². The number of pyridine rings is 1. The molecule has 0 saturated carbocycles. The van der Waals surface area contributed by atoms with E-state index in [0.717, 1.165) is 11.3 Å². The summed E-state index contributed by atoms with van der Waals surface area (Å²) in [5, 5.41) is 12.7. The molecule has 0 spiro atoms. The Bertz CT molecular complexity index is 620. The molecule has 6 heteroatoms. The van der Waals surface area contributed by atoms with Crippen LogP contribution in [0.4, 0.5) is 11.4 Å². The summed E-state index contributed by atoms with van der Waals surface area (Å²) >= 11 is 6.17. The van der Waals surface area contributed by atoms with E-state index in [4.69, 9.17) is 22.4 Å². The number of anilines is 2. The van der Waals surface area contributed by atoms with Crippen molar-refractivity contribution >= 4 is 28.9 Å². The highest BCUT2D eigenvalue weighted by Crippen LogP contribution is 2.30. The molecule has 0 unspecified atom stereocenters. The molecule has 0 fully saturated rings. The van der Waals surface area contributed by atoms with Gasteiger partial charge in [0.05, 0.1) is 17.1 Å². The molecule has 1 aromatic heterocycles. The maximum atomic E-state index is 10.9. The van der Waals surface area contributed by atoms with Gasteiger partial charge in [0.25, 0.3) is 0 Å². The predicted octanol–water partition coefficient (Wildman–Crippen LogP) is 3.00. The van der Waals surface area contributed by atoms with E-state index in [2.05, 4.69) is 10.3 Å². The molecule has 0 aliphatic carbocycles. The minimum Gasteiger partial charge on any atom is -0.481 e. The molecule has 110 valence electrons. The van der Waals surface area contributed by atoms with Crippen molar-refractivity contribution in [3.8, 4) is 0 Å². The second kappa shape index (κ2) is 7.06. The van der Waals surface area contributed by atoms with Gasteiger partial charge in [-0.15, -0.1) is 0 Å². The Morgan fingerprint density at radius 1 is 1.33 bits per heavy atom. The number of hydrogen-bond donors (Lipinski definition) is 3. The summed E-state index contributed by atoms with van der Waals surface area (Å²) < 4.78 is 0. The minimum atomic E-state index is -0.871. The number of aliphatic carboxylic acids is 1. The molecule has 2 aromatic rings. The number of nitrogens with zero attached hydrogens (tertiary/aromatic N) is 1. The molecule has 1 aromatic carbocycles. The third kappa shape index (κ3) is 4.18. The first kappa shape index (κ1) is 15.3. The SMILES string of the molecule is NC[C@H](CC(=O)O)c1ccc(Cl)c(Nc2ccncc2)c1. The zero-order chi connectivity index (χ0) is 15.2. The van der Waals surface area contributed by atoms with Gasteiger partial charge < -0.3 is 16.2 Å². The van der Waals surface area contributed by atoms with Crippen molar-refractivity contribution in [3.63, 3.8) is 0 Å². The van der Waals surface area contributed by atoms with Crippen molar-refractivity contribution < 1.29 is 9.90 Å². The monoisotopic (exact) mass is 305 g/mol. The number of halogens is 1. The number of aromatic nitrogens is 1. The van der Waals surface area contributed by atoms with Gasteiger partial charge in [0.2, 0.25) is 0 Å². The standard InChI is InChI=1S/C15H16ClN3O2/c16-13-2-1-10(11(9-17)8-15(20)21)7-14(13)19-12-3-5-18-6-4-12/h1-7,11H,8-9,17H2,(H,18,19)(H,20,21)/t11-/m0/s1. The fourth-order valence-corrected chi connectivity index (χ4v) is 2.20. The lowest BCUT2D eigenvalue weighted by Gasteiger charge is -2.16. The van der Waals surface area contributed by atoms with Crippen molar-refractivity contribution in [2.24, 2.45) is 5.73 Å². The lowest BCUT2D eigenvalue weighted by Crippen LogP contribution is -2.16. The summed E-state index contributed by atoms with van der Waals surface area (Å²) in [6, 6.07) is 9.02. The second-order valence-corrected chi connectivity index (χ2v) is 5.04. The lowest BCUT2D eigenvalue weighted by molar-refractivity contribution is -0.137. The summed E-state index contributed by atoms with van der Waals surface area (Å²) in [6.07, 6.45) is 3.34. The van der Waals surface area contributed by atoms with Crippen molar-refractivity contribution in [3.05, 3.63) is 53.3 Å². The Morgan fingerprint density at radius 3 is 2.67 bits per heavy atom. The maximum Gasteiger partial charge on any atom is 0.304 e. The van der Waals surface area contributed by atoms with Crippen LogP contribution < -0.4 is 11.1 Å². The van der Waals surface area contributed by atoms with Gasteiger partial charge in [0, 0.05) is 24.0 Å². The van der Waals surface area contributed by atoms with Crippen molar-refractivity contribution in [1.29, 1.82) is 0 Å². The van der Waals surface area contributed by atoms with Gasteiger partial charge in [-0.05, 0) is 36.4 Å². The summed E-state index contributed by atoms with van der Waals surface area (Å²) in [7, 11) is 0. The smallest absolute Gasteiger partial charge is 0.304 e. The predicted molar refractivity (Wildman–Crippen MR) is 83.0 cm³/mol. The van der Waals surface area contributed by atoms with Crippen LogP contribution in [-0.4, -0.2) is 22.6 Å². The number of nitrogens with one attached hydrogen (secondary N) is 1. The zero-order valence-corrected chi connectivity index (χ0v) is 12.0. The molecular weight excluding hydrogens is 290 g/mol. The van der Waals surface area contributed by atoms with Crippen LogP contribution in [0, 0.1) is 0 Å². The van der Waals surface area contributed by atoms with E-state index >= 15 is 0 Å². The Labute approximate surface area is 127 Å². The van der Waals surface area contributed by atoms with E-state index in [1.807, 2.05) is 18.2 Å². The molecule has 1 atom stereocenters. The van der Waals surface area contributed by atoms with E-state index in [0.29, 0.717) is 10.7 Å². The molecule has 0 radical (unpaired) electrons. The van der Waals surface area contributed by atoms with Crippen LogP contribution in [0.2, 0.25) is 5.02 Å². The van der Waals surface area contributed by atoms with Crippen molar-refractivity contribution in [1.82, 2.24) is 4.98 Å². The van der Waals surface area contributed by atoms with Crippen molar-refractivity contribution in [2.75, 3.05) is 11.9 Å². The molecule has 0 aliphatic rings. The first-order chi connectivity index (χ1) is 10.1. The van der Waals surface area contributed by atoms with Crippen LogP contribution in [0.1, 0.15) is 17.9 Å². The number of carboxylic acids is 1. The van der Waals surface area contributed by atoms with Gasteiger partial charge in [-0.2, -0.15) is 0 Å². The van der Waals surface area contributed by atoms with E-state index < -0.39 is 5.97 Å². The molecule has 4 N–H and O–H groups in total. The fraction of sp³-hybridized carbons (Fsp3) is 0.200. The molecule has 0 saturated heterocycles. The van der Waals surface area contributed by atoms with E-state index in [1.54, 1.807) is 24.5 Å². The van der Waals surface area contributed by atoms with Crippen LogP contribution in [0.25, 0.3) is 0 Å². The molecule has 0 bridgehead atoms. The van der Waals surface area contributed by atoms with Gasteiger partial charge in [-0.25, -0.2) is 0 Å². The second-order valence-electron chi connectivity index (χ2n) is 4.63. The number of carboxylic acid groups (broad SMARTS) is 1. The largest absolute Gasteiger partial charge is 0.481 e. The lowest BCUT2D eigenvalue weighted by atomic mass is 9.95. The molecule has 2 rings (SSSR count). The third-order valence-corrected chi connectivity index (χ3v) is 3.46. The average Bonchev–Trinajstić information content (AvgIpc) is 2.48. The fourth-order valence-electron chi connectivity index (χ4n) is 2.03. The van der Waals surface area contributed by atoms with Crippen LogP contribution >= 0.6 is 11.6 Å². The van der Waals surface area contributed by atoms with Gasteiger partial charge in [0.15, 0.2) is 0 Å². The summed E-state index contributed by atoms with van der Waals surface area (Å²) in [5.74, 6) is -1.11. The Morgan fingerprint density at radius 2 is 2.05 bits per heavy atom. The first-order valence-electron chi connectivity index (χ1n) is 6.48. The molecule has 0 aliphatic heterocycles. The van der Waals surface area contributed by atoms with Crippen LogP contribution in [0.3, 0.4) is 0 Å². The van der Waals surface area contributed by atoms with Gasteiger partial charge in [-0.1, -0.05) is 17.7 Å². The Hall–Kier alpha value is -2.11. The van der Waals surface area contributed by atoms with E-state index in [9.17, 15) is 4.79 Å². The van der Waals surface area contributed by atoms with Crippen LogP contribution in [0.5, 0.6) is 0 Å². The van der Waals surface area contributed by atoms with Gasteiger partial charge in [-0.3, -0.25) is 9.78 Å². The molecule has 5 nitrogen and oxygen atoms in total. The van der Waals surface area contributed by atoms with Gasteiger partial charge in [0.1, 0.15) is 0 Å². The molecular formula is C15H16ClN3O2. The summed E-state index contributed by atoms with van der Waals surface area (Å²) in [4.78, 5) is 14.8. The topological polar surface area (TPSA) is 88.2 Å². The zero-order valence-electron chi connectivity index (χ0n) is 11.3. The first-order valence-corrected chi connectivity index (χ1v) is 6.86. The molecule has 21 heavy (non-hydrogen) atoms. The summed E-state index contributed by atoms with van der Waals surface area (Å²) in [6.45, 7) is 0.266. The highest BCUT2D eigenvalue weighted by Gasteiger charge is 2.15. The Balaban J connectivity index is 2.26. The Kier molecular flexibility index (Phi) is 5.14. The summed E-state index contributed by atoms with van der Waals surface area (Å²) in [5.41, 5.74) is 8.08. The number of nitrogens with two attached hydrogens (primary N) is 1.